The highest BCUT2D eigenvalue weighted by atomic mass is 127. The van der Waals surface area contributed by atoms with Crippen LogP contribution in [0.5, 0.6) is 0 Å². The molecule has 174 valence electrons. The standard InChI is InChI=1S/C23H36N4O3.HI/c1-3-25-22(28)19-9-7-18(8-10-19)16-26-23(24-2)27-13-11-20(12-14-27)30-17-21-6-4-5-15-29-21;/h7-10,20-21H,3-6,11-17H2,1-2H3,(H,24,26)(H,25,28);1H. The van der Waals surface area contributed by atoms with Crippen LogP contribution in [0.3, 0.4) is 0 Å². The third kappa shape index (κ3) is 8.23. The molecule has 2 heterocycles. The Hall–Kier alpha value is -1.39. The summed E-state index contributed by atoms with van der Waals surface area (Å²) < 4.78 is 11.9. The third-order valence-corrected chi connectivity index (χ3v) is 5.75. The van der Waals surface area contributed by atoms with Crippen LogP contribution in [0, 0.1) is 0 Å². The fourth-order valence-corrected chi connectivity index (χ4v) is 3.97. The molecular formula is C23H37IN4O3. The second-order valence-electron chi connectivity index (χ2n) is 7.97. The number of hydrogen-bond donors (Lipinski definition) is 2. The van der Waals surface area contributed by atoms with Gasteiger partial charge < -0.3 is 25.0 Å². The van der Waals surface area contributed by atoms with Crippen LogP contribution >= 0.6 is 24.0 Å². The van der Waals surface area contributed by atoms with Crippen molar-refractivity contribution in [2.45, 2.75) is 57.8 Å². The van der Waals surface area contributed by atoms with Gasteiger partial charge >= 0.3 is 0 Å². The van der Waals surface area contributed by atoms with Crippen molar-refractivity contribution in [3.8, 4) is 0 Å². The summed E-state index contributed by atoms with van der Waals surface area (Å²) >= 11 is 0. The van der Waals surface area contributed by atoms with Gasteiger partial charge in [-0.05, 0) is 56.7 Å². The quantitative estimate of drug-likeness (QED) is 0.314. The fourth-order valence-electron chi connectivity index (χ4n) is 3.97. The average molecular weight is 544 g/mol. The monoisotopic (exact) mass is 544 g/mol. The van der Waals surface area contributed by atoms with Gasteiger partial charge in [0.25, 0.3) is 5.91 Å². The van der Waals surface area contributed by atoms with Gasteiger partial charge in [0, 0.05) is 45.4 Å². The zero-order valence-electron chi connectivity index (χ0n) is 18.8. The summed E-state index contributed by atoms with van der Waals surface area (Å²) in [7, 11) is 1.82. The van der Waals surface area contributed by atoms with E-state index in [4.69, 9.17) is 9.47 Å². The summed E-state index contributed by atoms with van der Waals surface area (Å²) in [6.45, 7) is 6.71. The second-order valence-corrected chi connectivity index (χ2v) is 7.97. The molecule has 2 N–H and O–H groups in total. The molecule has 2 aliphatic rings. The Bertz CT molecular complexity index is 685. The Morgan fingerprint density at radius 3 is 2.52 bits per heavy atom. The van der Waals surface area contributed by atoms with E-state index < -0.39 is 0 Å². The van der Waals surface area contributed by atoms with Gasteiger partial charge in [-0.2, -0.15) is 0 Å². The van der Waals surface area contributed by atoms with E-state index in [-0.39, 0.29) is 36.0 Å². The molecule has 0 bridgehead atoms. The van der Waals surface area contributed by atoms with Crippen molar-refractivity contribution >= 4 is 35.8 Å². The Kier molecular flexibility index (Phi) is 11.6. The number of nitrogens with zero attached hydrogens (tertiary/aromatic N) is 2. The predicted molar refractivity (Wildman–Crippen MR) is 134 cm³/mol. The van der Waals surface area contributed by atoms with Crippen LogP contribution in [0.4, 0.5) is 0 Å². The van der Waals surface area contributed by atoms with Gasteiger partial charge in [-0.1, -0.05) is 12.1 Å². The molecule has 31 heavy (non-hydrogen) atoms. The molecular weight excluding hydrogens is 507 g/mol. The number of carbonyl (C=O) groups is 1. The van der Waals surface area contributed by atoms with Crippen LogP contribution in [0.1, 0.15) is 54.9 Å². The lowest BCUT2D eigenvalue weighted by Gasteiger charge is -2.35. The van der Waals surface area contributed by atoms with E-state index in [9.17, 15) is 4.79 Å². The van der Waals surface area contributed by atoms with Crippen molar-refractivity contribution in [1.29, 1.82) is 0 Å². The van der Waals surface area contributed by atoms with Gasteiger partial charge in [0.15, 0.2) is 5.96 Å². The van der Waals surface area contributed by atoms with Gasteiger partial charge in [-0.3, -0.25) is 9.79 Å². The summed E-state index contributed by atoms with van der Waals surface area (Å²) in [5.74, 6) is 0.879. The van der Waals surface area contributed by atoms with Gasteiger partial charge in [0.2, 0.25) is 0 Å². The van der Waals surface area contributed by atoms with Crippen molar-refractivity contribution in [2.75, 3.05) is 39.9 Å². The van der Waals surface area contributed by atoms with Crippen LogP contribution in [0.2, 0.25) is 0 Å². The first-order chi connectivity index (χ1) is 14.7. The molecule has 1 aromatic rings. The van der Waals surface area contributed by atoms with Crippen LogP contribution in [-0.4, -0.2) is 68.9 Å². The molecule has 0 aliphatic carbocycles. The minimum Gasteiger partial charge on any atom is -0.376 e. The Balaban J connectivity index is 0.00000341. The number of aliphatic imine (C=N–C) groups is 1. The minimum absolute atomic E-state index is 0. The number of guanidine groups is 1. The summed E-state index contributed by atoms with van der Waals surface area (Å²) in [5, 5.41) is 6.26. The predicted octanol–water partition coefficient (Wildman–Crippen LogP) is 3.18. The van der Waals surface area contributed by atoms with Crippen LogP contribution < -0.4 is 10.6 Å². The normalized spacial score (nSPS) is 20.1. The molecule has 0 saturated carbocycles. The number of hydrogen-bond acceptors (Lipinski definition) is 4. The summed E-state index contributed by atoms with van der Waals surface area (Å²) in [4.78, 5) is 18.6. The van der Waals surface area contributed by atoms with E-state index in [1.807, 2.05) is 38.2 Å². The van der Waals surface area contributed by atoms with E-state index in [1.54, 1.807) is 0 Å². The van der Waals surface area contributed by atoms with Crippen LogP contribution in [0.15, 0.2) is 29.3 Å². The maximum atomic E-state index is 11.9. The van der Waals surface area contributed by atoms with E-state index >= 15 is 0 Å². The van der Waals surface area contributed by atoms with Crippen molar-refractivity contribution in [1.82, 2.24) is 15.5 Å². The van der Waals surface area contributed by atoms with Crippen molar-refractivity contribution in [3.63, 3.8) is 0 Å². The number of ether oxygens (including phenoxy) is 2. The topological polar surface area (TPSA) is 75.2 Å². The lowest BCUT2D eigenvalue weighted by molar-refractivity contribution is -0.0721. The zero-order valence-corrected chi connectivity index (χ0v) is 21.1. The molecule has 1 unspecified atom stereocenters. The summed E-state index contributed by atoms with van der Waals surface area (Å²) in [6.07, 6.45) is 6.17. The summed E-state index contributed by atoms with van der Waals surface area (Å²) in [6, 6.07) is 7.70. The lowest BCUT2D eigenvalue weighted by Crippen LogP contribution is -2.47. The molecule has 1 aromatic carbocycles. The molecule has 0 radical (unpaired) electrons. The number of halogens is 1. The largest absolute Gasteiger partial charge is 0.376 e. The first-order valence-corrected chi connectivity index (χ1v) is 11.3. The van der Waals surface area contributed by atoms with Crippen LogP contribution in [-0.2, 0) is 16.0 Å². The molecule has 3 rings (SSSR count). The number of benzene rings is 1. The molecule has 8 heteroatoms. The maximum absolute atomic E-state index is 11.9. The zero-order chi connectivity index (χ0) is 21.2. The summed E-state index contributed by atoms with van der Waals surface area (Å²) in [5.41, 5.74) is 1.81. The Morgan fingerprint density at radius 1 is 1.16 bits per heavy atom. The number of piperidine rings is 1. The molecule has 0 aromatic heterocycles. The van der Waals surface area contributed by atoms with Crippen molar-refractivity contribution < 1.29 is 14.3 Å². The number of carbonyl (C=O) groups excluding carboxylic acids is 1. The molecule has 0 spiro atoms. The van der Waals surface area contributed by atoms with E-state index in [2.05, 4.69) is 20.5 Å². The molecule has 2 aliphatic heterocycles. The van der Waals surface area contributed by atoms with Crippen LogP contribution in [0.25, 0.3) is 0 Å². The first-order valence-electron chi connectivity index (χ1n) is 11.3. The highest BCUT2D eigenvalue weighted by Gasteiger charge is 2.23. The average Bonchev–Trinajstić information content (AvgIpc) is 2.80. The number of nitrogens with one attached hydrogen (secondary N) is 2. The lowest BCUT2D eigenvalue weighted by atomic mass is 10.1. The number of likely N-dealkylation sites (tertiary alicyclic amines) is 1. The first kappa shape index (κ1) is 25.9. The van der Waals surface area contributed by atoms with Gasteiger partial charge in [-0.15, -0.1) is 24.0 Å². The van der Waals surface area contributed by atoms with Crippen molar-refractivity contribution in [3.05, 3.63) is 35.4 Å². The minimum atomic E-state index is -0.0343. The smallest absolute Gasteiger partial charge is 0.251 e. The van der Waals surface area contributed by atoms with E-state index in [0.29, 0.717) is 24.8 Å². The highest BCUT2D eigenvalue weighted by Crippen LogP contribution is 2.18. The second kappa shape index (κ2) is 13.9. The highest BCUT2D eigenvalue weighted by molar-refractivity contribution is 14.0. The Labute approximate surface area is 203 Å². The SMILES string of the molecule is CCNC(=O)c1ccc(CNC(=NC)N2CCC(OCC3CCCCO3)CC2)cc1.I. The van der Waals surface area contributed by atoms with E-state index in [0.717, 1.165) is 57.1 Å². The van der Waals surface area contributed by atoms with Gasteiger partial charge in [0.1, 0.15) is 0 Å². The third-order valence-electron chi connectivity index (χ3n) is 5.75. The number of rotatable bonds is 7. The van der Waals surface area contributed by atoms with E-state index in [1.165, 1.54) is 12.8 Å². The molecule has 2 fully saturated rings. The van der Waals surface area contributed by atoms with Crippen molar-refractivity contribution in [2.24, 2.45) is 4.99 Å². The fraction of sp³-hybridized carbons (Fsp3) is 0.652. The molecule has 7 nitrogen and oxygen atoms in total. The molecule has 2 saturated heterocycles. The maximum Gasteiger partial charge on any atom is 0.251 e. The molecule has 1 atom stereocenters. The van der Waals surface area contributed by atoms with Gasteiger partial charge in [-0.25, -0.2) is 0 Å². The number of amides is 1. The Morgan fingerprint density at radius 2 is 1.90 bits per heavy atom. The molecule has 1 amide bonds. The van der Waals surface area contributed by atoms with Gasteiger partial charge in [0.05, 0.1) is 18.8 Å².